The summed E-state index contributed by atoms with van der Waals surface area (Å²) in [6.07, 6.45) is 30.4. The van der Waals surface area contributed by atoms with Gasteiger partial charge in [-0.2, -0.15) is 0 Å². The number of aliphatic hydroxyl groups excluding tert-OH is 8. The molecule has 0 aromatic carbocycles. The molecule has 1 amide bonds. The number of carbonyl (C=O) groups excluding carboxylic acids is 1. The summed E-state index contributed by atoms with van der Waals surface area (Å²) in [7, 11) is 0. The lowest BCUT2D eigenvalue weighted by Gasteiger charge is -2.46. The number of allylic oxidation sites excluding steroid dienone is 3. The third-order valence-electron chi connectivity index (χ3n) is 13.4. The zero-order valence-electron chi connectivity index (χ0n) is 41.9. The standard InChI is InChI=1S/C53H99NO13/c1-3-5-6-7-8-9-10-11-12-13-14-15-16-17-18-19-20-21-22-23-24-25-26-27-28-29-30-31-32-33-34-35-37-42(57)41(54-45(58)36-4-2)40-64-52-50(63)48(61)51(44(39-56)66-52)67-53-49(62)47(60)46(59)43(38-55)65-53/h31-32,35,37,41-44,46-53,55-57,59-63H,3-30,33-34,36,38-40H2,1-2H3,(H,54,58)/b32-31+,37-35+. The molecule has 2 aliphatic rings. The van der Waals surface area contributed by atoms with Gasteiger partial charge in [0.25, 0.3) is 0 Å². The van der Waals surface area contributed by atoms with E-state index in [1.807, 2.05) is 13.0 Å². The molecule has 0 aromatic heterocycles. The Morgan fingerprint density at radius 3 is 1.43 bits per heavy atom. The first-order valence-electron chi connectivity index (χ1n) is 27.1. The van der Waals surface area contributed by atoms with Crippen LogP contribution in [0.1, 0.15) is 213 Å². The molecule has 12 unspecified atom stereocenters. The Morgan fingerprint density at radius 1 is 0.522 bits per heavy atom. The number of rotatable bonds is 42. The Morgan fingerprint density at radius 2 is 0.955 bits per heavy atom. The first-order chi connectivity index (χ1) is 32.6. The van der Waals surface area contributed by atoms with E-state index in [0.29, 0.717) is 12.8 Å². The van der Waals surface area contributed by atoms with Gasteiger partial charge in [-0.05, 0) is 32.1 Å². The van der Waals surface area contributed by atoms with Gasteiger partial charge in [-0.15, -0.1) is 0 Å². The van der Waals surface area contributed by atoms with Crippen LogP contribution in [0.15, 0.2) is 24.3 Å². The Kier molecular flexibility index (Phi) is 36.9. The zero-order valence-corrected chi connectivity index (χ0v) is 41.9. The van der Waals surface area contributed by atoms with Crippen molar-refractivity contribution >= 4 is 5.91 Å². The highest BCUT2D eigenvalue weighted by molar-refractivity contribution is 5.76. The SMILES string of the molecule is CCCCCCCCCCCCCCCCCCCCCCCCCCCC/C=C/CC/C=C/C(O)C(COC1OC(CO)C(OC2OC(CO)C(O)C(O)C2O)C(O)C1O)NC(=O)CCC. The molecule has 67 heavy (non-hydrogen) atoms. The summed E-state index contributed by atoms with van der Waals surface area (Å²) in [6, 6.07) is -0.923. The molecule has 0 bridgehead atoms. The number of carbonyl (C=O) groups is 1. The van der Waals surface area contributed by atoms with E-state index < -0.39 is 86.8 Å². The fourth-order valence-electron chi connectivity index (χ4n) is 9.00. The Balaban J connectivity index is 1.52. The second-order valence-electron chi connectivity index (χ2n) is 19.4. The van der Waals surface area contributed by atoms with Crippen molar-refractivity contribution in [2.45, 2.75) is 286 Å². The van der Waals surface area contributed by atoms with Crippen molar-refractivity contribution in [1.29, 1.82) is 0 Å². The Labute approximate surface area is 405 Å². The molecule has 0 aromatic rings. The van der Waals surface area contributed by atoms with Crippen molar-refractivity contribution < 1.29 is 64.6 Å². The molecule has 2 aliphatic heterocycles. The predicted molar refractivity (Wildman–Crippen MR) is 263 cm³/mol. The zero-order chi connectivity index (χ0) is 48.9. The van der Waals surface area contributed by atoms with E-state index in [4.69, 9.17) is 18.9 Å². The molecule has 0 aliphatic carbocycles. The van der Waals surface area contributed by atoms with Crippen molar-refractivity contribution in [3.63, 3.8) is 0 Å². The van der Waals surface area contributed by atoms with Gasteiger partial charge in [0.1, 0.15) is 48.8 Å². The third kappa shape index (κ3) is 27.0. The molecule has 2 saturated heterocycles. The van der Waals surface area contributed by atoms with Crippen LogP contribution in [0.25, 0.3) is 0 Å². The van der Waals surface area contributed by atoms with Crippen LogP contribution in [0.2, 0.25) is 0 Å². The molecule has 2 heterocycles. The van der Waals surface area contributed by atoms with Crippen LogP contribution in [0, 0.1) is 0 Å². The molecule has 14 nitrogen and oxygen atoms in total. The molecule has 2 rings (SSSR count). The van der Waals surface area contributed by atoms with Crippen molar-refractivity contribution in [2.24, 2.45) is 0 Å². The van der Waals surface area contributed by atoms with Gasteiger partial charge in [0.15, 0.2) is 12.6 Å². The number of amides is 1. The Hall–Kier alpha value is -1.53. The maximum atomic E-state index is 12.5. The van der Waals surface area contributed by atoms with Gasteiger partial charge >= 0.3 is 0 Å². The normalized spacial score (nSPS) is 26.7. The molecular weight excluding hydrogens is 859 g/mol. The van der Waals surface area contributed by atoms with Gasteiger partial charge in [0.05, 0.1) is 32.0 Å². The van der Waals surface area contributed by atoms with E-state index in [2.05, 4.69) is 24.4 Å². The number of nitrogens with one attached hydrogen (secondary N) is 1. The van der Waals surface area contributed by atoms with E-state index >= 15 is 0 Å². The molecule has 2 fully saturated rings. The summed E-state index contributed by atoms with van der Waals surface area (Å²) < 4.78 is 22.4. The van der Waals surface area contributed by atoms with Crippen LogP contribution in [-0.2, 0) is 23.7 Å². The maximum Gasteiger partial charge on any atom is 0.220 e. The highest BCUT2D eigenvalue weighted by Crippen LogP contribution is 2.30. The predicted octanol–water partition coefficient (Wildman–Crippen LogP) is 7.72. The number of aliphatic hydroxyl groups is 8. The topological polar surface area (TPSA) is 228 Å². The fraction of sp³-hybridized carbons (Fsp3) is 0.906. The maximum absolute atomic E-state index is 12.5. The molecular formula is C53H99NO13. The quantitative estimate of drug-likeness (QED) is 0.0211. The summed E-state index contributed by atoms with van der Waals surface area (Å²) >= 11 is 0. The van der Waals surface area contributed by atoms with Gasteiger partial charge < -0.3 is 65.1 Å². The van der Waals surface area contributed by atoms with Crippen LogP contribution in [0.4, 0.5) is 0 Å². The Bertz CT molecular complexity index is 1220. The number of ether oxygens (including phenoxy) is 4. The number of hydrogen-bond donors (Lipinski definition) is 9. The minimum atomic E-state index is -1.79. The summed E-state index contributed by atoms with van der Waals surface area (Å²) in [5.74, 6) is -0.302. The van der Waals surface area contributed by atoms with Crippen molar-refractivity contribution in [3.05, 3.63) is 24.3 Å². The average molecular weight is 958 g/mol. The van der Waals surface area contributed by atoms with E-state index in [-0.39, 0.29) is 18.9 Å². The van der Waals surface area contributed by atoms with Crippen LogP contribution in [-0.4, -0.2) is 140 Å². The molecule has 394 valence electrons. The molecule has 0 radical (unpaired) electrons. The number of hydrogen-bond acceptors (Lipinski definition) is 13. The lowest BCUT2D eigenvalue weighted by Crippen LogP contribution is -2.65. The monoisotopic (exact) mass is 958 g/mol. The fourth-order valence-corrected chi connectivity index (χ4v) is 9.00. The summed E-state index contributed by atoms with van der Waals surface area (Å²) in [6.45, 7) is 2.40. The molecule has 14 heteroatoms. The minimum absolute atomic E-state index is 0.224. The van der Waals surface area contributed by atoms with Crippen molar-refractivity contribution in [1.82, 2.24) is 5.32 Å². The summed E-state index contributed by atoms with van der Waals surface area (Å²) in [5.41, 5.74) is 0. The average Bonchev–Trinajstić information content (AvgIpc) is 3.32. The number of unbranched alkanes of at least 4 members (excludes halogenated alkanes) is 27. The highest BCUT2D eigenvalue weighted by atomic mass is 16.7. The van der Waals surface area contributed by atoms with E-state index in [1.54, 1.807) is 6.08 Å². The van der Waals surface area contributed by atoms with Crippen LogP contribution >= 0.6 is 0 Å². The van der Waals surface area contributed by atoms with Crippen LogP contribution < -0.4 is 5.32 Å². The smallest absolute Gasteiger partial charge is 0.220 e. The van der Waals surface area contributed by atoms with Crippen molar-refractivity contribution in [3.8, 4) is 0 Å². The minimum Gasteiger partial charge on any atom is -0.394 e. The molecule has 0 saturated carbocycles. The lowest BCUT2D eigenvalue weighted by molar-refractivity contribution is -0.359. The highest BCUT2D eigenvalue weighted by Gasteiger charge is 2.51. The molecule has 9 N–H and O–H groups in total. The molecule has 12 atom stereocenters. The first-order valence-corrected chi connectivity index (χ1v) is 27.1. The van der Waals surface area contributed by atoms with E-state index in [9.17, 15) is 45.6 Å². The van der Waals surface area contributed by atoms with E-state index in [0.717, 1.165) is 12.8 Å². The van der Waals surface area contributed by atoms with Gasteiger partial charge in [-0.1, -0.05) is 199 Å². The third-order valence-corrected chi connectivity index (χ3v) is 13.4. The van der Waals surface area contributed by atoms with Gasteiger partial charge in [-0.25, -0.2) is 0 Å². The van der Waals surface area contributed by atoms with Crippen molar-refractivity contribution in [2.75, 3.05) is 19.8 Å². The van der Waals surface area contributed by atoms with E-state index in [1.165, 1.54) is 167 Å². The van der Waals surface area contributed by atoms with Crippen LogP contribution in [0.3, 0.4) is 0 Å². The van der Waals surface area contributed by atoms with Crippen LogP contribution in [0.5, 0.6) is 0 Å². The summed E-state index contributed by atoms with van der Waals surface area (Å²) in [4.78, 5) is 12.5. The summed E-state index contributed by atoms with van der Waals surface area (Å²) in [5, 5.41) is 85.7. The second-order valence-corrected chi connectivity index (χ2v) is 19.4. The van der Waals surface area contributed by atoms with Gasteiger partial charge in [-0.3, -0.25) is 4.79 Å². The second kappa shape index (κ2) is 40.1. The van der Waals surface area contributed by atoms with Gasteiger partial charge in [0.2, 0.25) is 5.91 Å². The molecule has 0 spiro atoms. The first kappa shape index (κ1) is 61.6. The largest absolute Gasteiger partial charge is 0.394 e. The lowest BCUT2D eigenvalue weighted by atomic mass is 9.97. The van der Waals surface area contributed by atoms with Gasteiger partial charge in [0, 0.05) is 6.42 Å².